The number of nitrogens with zero attached hydrogens (tertiary/aromatic N) is 2. The van der Waals surface area contributed by atoms with Crippen molar-refractivity contribution < 1.29 is 5.21 Å². The van der Waals surface area contributed by atoms with Gasteiger partial charge in [-0.2, -0.15) is 0 Å². The molecule has 0 aromatic heterocycles. The highest BCUT2D eigenvalue weighted by Gasteiger charge is 2.44. The van der Waals surface area contributed by atoms with Gasteiger partial charge in [0.05, 0.1) is 4.75 Å². The zero-order valence-corrected chi connectivity index (χ0v) is 12.5. The Hall–Kier alpha value is -0.160. The van der Waals surface area contributed by atoms with Gasteiger partial charge >= 0.3 is 0 Å². The van der Waals surface area contributed by atoms with Crippen LogP contribution in [0, 0.1) is 0 Å². The summed E-state index contributed by atoms with van der Waals surface area (Å²) in [5.74, 6) is 0. The Morgan fingerprint density at radius 1 is 1.18 bits per heavy atom. The van der Waals surface area contributed by atoms with Gasteiger partial charge in [0.1, 0.15) is 9.42 Å². The van der Waals surface area contributed by atoms with E-state index in [1.165, 1.54) is 37.4 Å². The fourth-order valence-corrected chi connectivity index (χ4v) is 4.84. The molecule has 1 heterocycles. The van der Waals surface area contributed by atoms with Crippen molar-refractivity contribution in [3.05, 3.63) is 0 Å². The summed E-state index contributed by atoms with van der Waals surface area (Å²) < 4.78 is 1.02. The van der Waals surface area contributed by atoms with Crippen LogP contribution in [0.1, 0.15) is 52.4 Å². The lowest BCUT2D eigenvalue weighted by Crippen LogP contribution is -2.29. The molecular weight excluding hydrogens is 252 g/mol. The Morgan fingerprint density at radius 3 is 2.18 bits per heavy atom. The summed E-state index contributed by atoms with van der Waals surface area (Å²) in [7, 11) is 1.81. The lowest BCUT2D eigenvalue weighted by molar-refractivity contribution is 0.317. The quantitative estimate of drug-likeness (QED) is 0.578. The molecule has 0 aromatic carbocycles. The molecule has 5 heteroatoms. The summed E-state index contributed by atoms with van der Waals surface area (Å²) in [5.41, 5.74) is 0. The van der Waals surface area contributed by atoms with Crippen molar-refractivity contribution in [3.63, 3.8) is 0 Å². The van der Waals surface area contributed by atoms with E-state index in [0.717, 1.165) is 22.3 Å². The van der Waals surface area contributed by atoms with E-state index >= 15 is 0 Å². The third-order valence-electron chi connectivity index (χ3n) is 3.00. The predicted molar refractivity (Wildman–Crippen MR) is 79.5 cm³/mol. The first kappa shape index (κ1) is 14.9. The van der Waals surface area contributed by atoms with Crippen molar-refractivity contribution in [2.75, 3.05) is 7.05 Å². The maximum absolute atomic E-state index is 9.21. The number of hydrogen-bond donors (Lipinski definition) is 1. The molecule has 3 nitrogen and oxygen atoms in total. The Bertz CT molecular complexity index is 295. The molecule has 1 aliphatic heterocycles. The molecule has 0 bridgehead atoms. The average molecular weight is 274 g/mol. The number of aliphatic imine (C=N–C) groups is 1. The lowest BCUT2D eigenvalue weighted by atomic mass is 9.96. The third kappa shape index (κ3) is 3.65. The standard InChI is InChI=1S/C12H22N2OS2/c1-4-6-8-12(9-7-5-2)10(14-15)16-11(13-3)17-12/h15H,4-9H2,1-3H3. The van der Waals surface area contributed by atoms with Crippen LogP contribution in [0.25, 0.3) is 0 Å². The Kier molecular flexibility index (Phi) is 6.41. The van der Waals surface area contributed by atoms with Gasteiger partial charge in [0.2, 0.25) is 0 Å². The third-order valence-corrected chi connectivity index (χ3v) is 6.00. The average Bonchev–Trinajstić information content (AvgIpc) is 2.72. The number of rotatable bonds is 6. The van der Waals surface area contributed by atoms with E-state index in [4.69, 9.17) is 0 Å². The van der Waals surface area contributed by atoms with Gasteiger partial charge in [0, 0.05) is 7.05 Å². The van der Waals surface area contributed by atoms with Crippen molar-refractivity contribution >= 4 is 32.9 Å². The minimum Gasteiger partial charge on any atom is -0.410 e. The van der Waals surface area contributed by atoms with Gasteiger partial charge in [0.25, 0.3) is 0 Å². The summed E-state index contributed by atoms with van der Waals surface area (Å²) >= 11 is 3.32. The lowest BCUT2D eigenvalue weighted by Gasteiger charge is -2.26. The van der Waals surface area contributed by atoms with Crippen molar-refractivity contribution in [3.8, 4) is 0 Å². The van der Waals surface area contributed by atoms with Crippen molar-refractivity contribution in [1.82, 2.24) is 0 Å². The number of oxime groups is 1. The highest BCUT2D eigenvalue weighted by atomic mass is 32.2. The first-order chi connectivity index (χ1) is 8.22. The van der Waals surface area contributed by atoms with E-state index in [-0.39, 0.29) is 4.75 Å². The molecule has 0 aromatic rings. The maximum atomic E-state index is 9.21. The van der Waals surface area contributed by atoms with E-state index < -0.39 is 0 Å². The summed E-state index contributed by atoms with van der Waals surface area (Å²) in [6.45, 7) is 4.40. The molecule has 0 aliphatic carbocycles. The molecule has 98 valence electrons. The fraction of sp³-hybridized carbons (Fsp3) is 0.833. The molecule has 17 heavy (non-hydrogen) atoms. The highest BCUT2D eigenvalue weighted by Crippen LogP contribution is 2.50. The monoisotopic (exact) mass is 274 g/mol. The van der Waals surface area contributed by atoms with Gasteiger partial charge in [-0.1, -0.05) is 56.4 Å². The van der Waals surface area contributed by atoms with E-state index in [1.807, 2.05) is 0 Å². The van der Waals surface area contributed by atoms with Crippen LogP contribution < -0.4 is 0 Å². The van der Waals surface area contributed by atoms with Gasteiger partial charge in [-0.25, -0.2) is 0 Å². The first-order valence-corrected chi connectivity index (χ1v) is 7.92. The number of unbranched alkanes of at least 4 members (excludes halogenated alkanes) is 2. The first-order valence-electron chi connectivity index (χ1n) is 6.28. The Morgan fingerprint density at radius 2 is 1.76 bits per heavy atom. The molecule has 1 rings (SSSR count). The van der Waals surface area contributed by atoms with Crippen LogP contribution in [0.5, 0.6) is 0 Å². The molecule has 1 saturated heterocycles. The van der Waals surface area contributed by atoms with Crippen LogP contribution in [0.15, 0.2) is 10.1 Å². The summed E-state index contributed by atoms with van der Waals surface area (Å²) in [5, 5.41) is 13.6. The summed E-state index contributed by atoms with van der Waals surface area (Å²) in [6, 6.07) is 0. The summed E-state index contributed by atoms with van der Waals surface area (Å²) in [4.78, 5) is 4.25. The molecule has 1 N–H and O–H groups in total. The molecule has 0 amide bonds. The van der Waals surface area contributed by atoms with Gasteiger partial charge in [-0.05, 0) is 24.6 Å². The second-order valence-corrected chi connectivity index (χ2v) is 6.91. The van der Waals surface area contributed by atoms with E-state index in [9.17, 15) is 5.21 Å². The molecule has 1 fully saturated rings. The second-order valence-electron chi connectivity index (χ2n) is 4.30. The SMILES string of the molecule is CCCCC1(CCCC)SC(=NC)SC1=NO. The predicted octanol–water partition coefficient (Wildman–Crippen LogP) is 4.36. The molecule has 1 aliphatic rings. The minimum atomic E-state index is -0.0136. The van der Waals surface area contributed by atoms with Crippen LogP contribution >= 0.6 is 23.5 Å². The zero-order chi connectivity index (χ0) is 12.7. The van der Waals surface area contributed by atoms with Crippen LogP contribution in [0.2, 0.25) is 0 Å². The van der Waals surface area contributed by atoms with Crippen molar-refractivity contribution in [2.24, 2.45) is 10.1 Å². The normalized spacial score (nSPS) is 23.7. The topological polar surface area (TPSA) is 45.0 Å². The van der Waals surface area contributed by atoms with E-state index in [1.54, 1.807) is 18.8 Å². The highest BCUT2D eigenvalue weighted by molar-refractivity contribution is 8.50. The molecule has 0 spiro atoms. The van der Waals surface area contributed by atoms with Gasteiger partial charge < -0.3 is 5.21 Å². The van der Waals surface area contributed by atoms with Crippen molar-refractivity contribution in [1.29, 1.82) is 0 Å². The summed E-state index contributed by atoms with van der Waals surface area (Å²) in [6.07, 6.45) is 6.87. The minimum absolute atomic E-state index is 0.0136. The molecule has 0 saturated carbocycles. The van der Waals surface area contributed by atoms with Crippen LogP contribution in [-0.2, 0) is 0 Å². The number of thioether (sulfide) groups is 2. The molecule has 0 atom stereocenters. The number of hydrogen-bond acceptors (Lipinski definition) is 5. The Balaban J connectivity index is 2.86. The van der Waals surface area contributed by atoms with E-state index in [2.05, 4.69) is 24.0 Å². The van der Waals surface area contributed by atoms with Crippen LogP contribution in [0.3, 0.4) is 0 Å². The molecule has 0 unspecified atom stereocenters. The van der Waals surface area contributed by atoms with E-state index in [0.29, 0.717) is 0 Å². The second kappa shape index (κ2) is 7.31. The van der Waals surface area contributed by atoms with Crippen molar-refractivity contribution in [2.45, 2.75) is 57.1 Å². The largest absolute Gasteiger partial charge is 0.410 e. The molecular formula is C12H22N2OS2. The van der Waals surface area contributed by atoms with Gasteiger partial charge in [-0.15, -0.1) is 0 Å². The van der Waals surface area contributed by atoms with Gasteiger partial charge in [0.15, 0.2) is 0 Å². The van der Waals surface area contributed by atoms with Gasteiger partial charge in [-0.3, -0.25) is 4.99 Å². The van der Waals surface area contributed by atoms with Crippen LogP contribution in [0.4, 0.5) is 0 Å². The molecule has 0 radical (unpaired) electrons. The smallest absolute Gasteiger partial charge is 0.136 e. The maximum Gasteiger partial charge on any atom is 0.136 e. The zero-order valence-electron chi connectivity index (χ0n) is 10.9. The Labute approximate surface area is 113 Å². The fourth-order valence-electron chi connectivity index (χ4n) is 1.98. The van der Waals surface area contributed by atoms with Crippen LogP contribution in [-0.4, -0.2) is 26.4 Å².